The monoisotopic (exact) mass is 667 g/mol. The van der Waals surface area contributed by atoms with Gasteiger partial charge in [0.25, 0.3) is 0 Å². The molecule has 6 heterocycles. The molecule has 10 heteroatoms. The molecule has 0 aliphatic carbocycles. The molecule has 0 amide bonds. The Bertz CT molecular complexity index is 2380. The van der Waals surface area contributed by atoms with E-state index in [9.17, 15) is 0 Å². The van der Waals surface area contributed by atoms with Crippen molar-refractivity contribution < 1.29 is 0 Å². The topological polar surface area (TPSA) is 97.3 Å². The second kappa shape index (κ2) is 13.6. The highest BCUT2D eigenvalue weighted by atomic mass is 32.1. The molecule has 0 saturated carbocycles. The van der Waals surface area contributed by atoms with Crippen LogP contribution < -0.4 is 10.6 Å². The van der Waals surface area contributed by atoms with Gasteiger partial charge in [0.15, 0.2) is 22.9 Å². The summed E-state index contributed by atoms with van der Waals surface area (Å²) in [6.07, 6.45) is 5.75. The molecule has 0 unspecified atom stereocenters. The van der Waals surface area contributed by atoms with Crippen molar-refractivity contribution >= 4 is 56.3 Å². The van der Waals surface area contributed by atoms with Crippen LogP contribution in [0, 0.1) is 25.7 Å². The molecule has 49 heavy (non-hydrogen) atoms. The molecular formula is C39H41N9S. The van der Waals surface area contributed by atoms with Crippen molar-refractivity contribution in [2.45, 2.75) is 41.5 Å². The van der Waals surface area contributed by atoms with Gasteiger partial charge < -0.3 is 10.6 Å². The van der Waals surface area contributed by atoms with Gasteiger partial charge in [0.2, 0.25) is 0 Å². The van der Waals surface area contributed by atoms with Gasteiger partial charge in [-0.05, 0) is 74.2 Å². The van der Waals surface area contributed by atoms with Gasteiger partial charge in [-0.3, -0.25) is 13.8 Å². The molecule has 8 rings (SSSR count). The van der Waals surface area contributed by atoms with Gasteiger partial charge in [0.05, 0.1) is 50.7 Å². The minimum Gasteiger partial charge on any atom is -0.367 e. The Morgan fingerprint density at radius 2 is 1.16 bits per heavy atom. The third-order valence-corrected chi connectivity index (χ3v) is 9.24. The number of nitrogens with one attached hydrogen (secondary N) is 2. The largest absolute Gasteiger partial charge is 0.367 e. The van der Waals surface area contributed by atoms with Crippen LogP contribution in [0.1, 0.15) is 38.3 Å². The smallest absolute Gasteiger partial charge is 0.181 e. The first kappa shape index (κ1) is 32.2. The number of imidazole rings is 2. The highest BCUT2D eigenvalue weighted by Crippen LogP contribution is 2.33. The van der Waals surface area contributed by atoms with Gasteiger partial charge in [0.1, 0.15) is 0 Å². The summed E-state index contributed by atoms with van der Waals surface area (Å²) in [6, 6.07) is 24.8. The van der Waals surface area contributed by atoms with Crippen LogP contribution in [0.25, 0.3) is 55.2 Å². The quantitative estimate of drug-likeness (QED) is 0.167. The number of hydrogen-bond acceptors (Lipinski definition) is 8. The molecule has 0 aliphatic rings. The first-order valence-electron chi connectivity index (χ1n) is 16.8. The van der Waals surface area contributed by atoms with Gasteiger partial charge >= 0.3 is 0 Å². The minimum absolute atomic E-state index is 0.532. The van der Waals surface area contributed by atoms with E-state index in [1.165, 1.54) is 9.75 Å². The van der Waals surface area contributed by atoms with Crippen molar-refractivity contribution in [3.8, 4) is 21.8 Å². The number of para-hydroxylation sites is 4. The number of aryl methyl sites for hydroxylation is 2. The van der Waals surface area contributed by atoms with E-state index in [1.807, 2.05) is 61.9 Å². The SMILES string of the molecule is Cc1ccc(-c2cnc3c(NCC(C)C)nc4ccccc4n23)cn1.Cc1ccc(-c2cnc3c(NCC(C)C)nc4ccccc4n23)s1. The Balaban J connectivity index is 0.000000154. The predicted octanol–water partition coefficient (Wildman–Crippen LogP) is 9.31. The Labute approximate surface area is 290 Å². The maximum Gasteiger partial charge on any atom is 0.181 e. The van der Waals surface area contributed by atoms with Gasteiger partial charge in [-0.2, -0.15) is 0 Å². The lowest BCUT2D eigenvalue weighted by atomic mass is 10.2. The maximum atomic E-state index is 4.80. The summed E-state index contributed by atoms with van der Waals surface area (Å²) in [4.78, 5) is 25.9. The summed E-state index contributed by atoms with van der Waals surface area (Å²) in [6.45, 7) is 14.6. The molecule has 9 nitrogen and oxygen atoms in total. The summed E-state index contributed by atoms with van der Waals surface area (Å²) in [5.41, 5.74) is 9.96. The number of rotatable bonds is 8. The number of pyridine rings is 1. The number of nitrogens with zero attached hydrogens (tertiary/aromatic N) is 7. The lowest BCUT2D eigenvalue weighted by Crippen LogP contribution is -2.11. The maximum absolute atomic E-state index is 4.80. The van der Waals surface area contributed by atoms with Crippen LogP contribution in [-0.2, 0) is 0 Å². The molecule has 8 aromatic rings. The summed E-state index contributed by atoms with van der Waals surface area (Å²) in [7, 11) is 0. The van der Waals surface area contributed by atoms with Crippen molar-refractivity contribution in [1.82, 2.24) is 33.7 Å². The van der Waals surface area contributed by atoms with Crippen molar-refractivity contribution in [3.05, 3.63) is 102 Å². The molecule has 0 atom stereocenters. The van der Waals surface area contributed by atoms with Gasteiger partial charge in [0, 0.05) is 35.4 Å². The highest BCUT2D eigenvalue weighted by molar-refractivity contribution is 7.15. The normalized spacial score (nSPS) is 11.6. The molecule has 0 spiro atoms. The molecule has 0 saturated heterocycles. The Morgan fingerprint density at radius 1 is 0.612 bits per heavy atom. The van der Waals surface area contributed by atoms with E-state index in [2.05, 4.69) is 105 Å². The molecule has 248 valence electrons. The van der Waals surface area contributed by atoms with Crippen molar-refractivity contribution in [1.29, 1.82) is 0 Å². The molecular weight excluding hydrogens is 627 g/mol. The van der Waals surface area contributed by atoms with E-state index in [0.29, 0.717) is 11.8 Å². The van der Waals surface area contributed by atoms with Crippen LogP contribution in [0.15, 0.2) is 91.4 Å². The fourth-order valence-electron chi connectivity index (χ4n) is 5.77. The Kier molecular flexibility index (Phi) is 8.97. The van der Waals surface area contributed by atoms with Crippen LogP contribution in [0.3, 0.4) is 0 Å². The zero-order chi connectivity index (χ0) is 34.1. The van der Waals surface area contributed by atoms with Crippen molar-refractivity contribution in [3.63, 3.8) is 0 Å². The third kappa shape index (κ3) is 6.56. The lowest BCUT2D eigenvalue weighted by molar-refractivity contribution is 0.687. The standard InChI is InChI=1S/C20H21N5.C19H20N4S/c1-13(2)10-22-19-20-23-12-18(15-9-8-14(3)21-11-15)25(20)17-7-5-4-6-16(17)24-19;1-12(2)10-20-18-19-21-11-16(17-9-8-13(3)24-17)23(19)15-7-5-4-6-14(15)22-18/h4-9,11-13H,10H2,1-3H3,(H,22,24);4-9,11-12H,10H2,1-3H3,(H,20,22). The van der Waals surface area contributed by atoms with E-state index in [0.717, 1.165) is 80.7 Å². The third-order valence-electron chi connectivity index (χ3n) is 8.21. The first-order chi connectivity index (χ1) is 23.8. The van der Waals surface area contributed by atoms with Crippen LogP contribution in [0.2, 0.25) is 0 Å². The van der Waals surface area contributed by atoms with Crippen molar-refractivity contribution in [2.24, 2.45) is 11.8 Å². The second-order valence-corrected chi connectivity index (χ2v) is 14.4. The second-order valence-electron chi connectivity index (χ2n) is 13.2. The van der Waals surface area contributed by atoms with E-state index < -0.39 is 0 Å². The summed E-state index contributed by atoms with van der Waals surface area (Å²) in [5, 5.41) is 6.90. The molecule has 2 N–H and O–H groups in total. The average molecular weight is 668 g/mol. The zero-order valence-corrected chi connectivity index (χ0v) is 29.6. The van der Waals surface area contributed by atoms with Gasteiger partial charge in [-0.1, -0.05) is 52.0 Å². The Hall–Kier alpha value is -5.35. The van der Waals surface area contributed by atoms with E-state index in [4.69, 9.17) is 9.97 Å². The molecule has 0 fully saturated rings. The molecule has 0 bridgehead atoms. The van der Waals surface area contributed by atoms with E-state index in [1.54, 1.807) is 11.3 Å². The average Bonchev–Trinajstić information content (AvgIpc) is 3.86. The molecule has 2 aromatic carbocycles. The first-order valence-corrected chi connectivity index (χ1v) is 17.6. The fraction of sp³-hybridized carbons (Fsp3) is 0.256. The van der Waals surface area contributed by atoms with Gasteiger partial charge in [-0.25, -0.2) is 19.9 Å². The number of fused-ring (bicyclic) bond motifs is 6. The summed E-state index contributed by atoms with van der Waals surface area (Å²) in [5.74, 6) is 2.75. The van der Waals surface area contributed by atoms with E-state index >= 15 is 0 Å². The zero-order valence-electron chi connectivity index (χ0n) is 28.8. The number of thiophene rings is 1. The van der Waals surface area contributed by atoms with Crippen LogP contribution in [-0.4, -0.2) is 46.8 Å². The fourth-order valence-corrected chi connectivity index (χ4v) is 6.64. The molecule has 0 aliphatic heterocycles. The van der Waals surface area contributed by atoms with E-state index in [-0.39, 0.29) is 0 Å². The number of aromatic nitrogens is 7. The molecule has 6 aromatic heterocycles. The van der Waals surface area contributed by atoms with Crippen LogP contribution in [0.5, 0.6) is 0 Å². The predicted molar refractivity (Wildman–Crippen MR) is 204 cm³/mol. The van der Waals surface area contributed by atoms with Crippen molar-refractivity contribution in [2.75, 3.05) is 23.7 Å². The number of hydrogen-bond donors (Lipinski definition) is 2. The Morgan fingerprint density at radius 3 is 1.67 bits per heavy atom. The van der Waals surface area contributed by atoms with Crippen LogP contribution in [0.4, 0.5) is 11.6 Å². The number of anilines is 2. The van der Waals surface area contributed by atoms with Gasteiger partial charge in [-0.15, -0.1) is 11.3 Å². The lowest BCUT2D eigenvalue weighted by Gasteiger charge is -2.12. The number of benzene rings is 2. The summed E-state index contributed by atoms with van der Waals surface area (Å²) < 4.78 is 4.38. The summed E-state index contributed by atoms with van der Waals surface area (Å²) >= 11 is 1.79. The van der Waals surface area contributed by atoms with Crippen LogP contribution >= 0.6 is 11.3 Å². The highest BCUT2D eigenvalue weighted by Gasteiger charge is 2.17. The minimum atomic E-state index is 0.532. The molecule has 0 radical (unpaired) electrons.